The summed E-state index contributed by atoms with van der Waals surface area (Å²) >= 11 is 1.86. The molecule has 0 unspecified atom stereocenters. The number of thiophene rings is 1. The number of fused-ring (bicyclic) bond motifs is 6. The zero-order chi connectivity index (χ0) is 37.9. The zero-order valence-corrected chi connectivity index (χ0v) is 32.2. The Balaban J connectivity index is 1.16. The molecule has 57 heavy (non-hydrogen) atoms. The first-order valence-corrected chi connectivity index (χ1v) is 20.3. The fraction of sp³-hybridized carbons (Fsp3) is 0.0370. The van der Waals surface area contributed by atoms with Crippen LogP contribution in [0.2, 0.25) is 0 Å². The van der Waals surface area contributed by atoms with Crippen LogP contribution in [0, 0.1) is 0 Å². The van der Waals surface area contributed by atoms with Crippen LogP contribution in [0.25, 0.3) is 87.5 Å². The van der Waals surface area contributed by atoms with Crippen LogP contribution in [0.15, 0.2) is 200 Å². The highest BCUT2D eigenvalue weighted by Crippen LogP contribution is 2.54. The molecule has 2 aromatic heterocycles. The highest BCUT2D eigenvalue weighted by molar-refractivity contribution is 7.26. The largest absolute Gasteiger partial charge is 0.228 e. The smallest absolute Gasteiger partial charge is 0.160 e. The molecule has 11 rings (SSSR count). The molecule has 0 N–H and O–H groups in total. The van der Waals surface area contributed by atoms with E-state index in [0.717, 1.165) is 39.2 Å². The van der Waals surface area contributed by atoms with Gasteiger partial charge in [-0.15, -0.1) is 11.3 Å². The van der Waals surface area contributed by atoms with E-state index in [1.807, 2.05) is 17.4 Å². The molecule has 8 aromatic carbocycles. The molecule has 0 saturated carbocycles. The van der Waals surface area contributed by atoms with Gasteiger partial charge in [-0.05, 0) is 87.3 Å². The third kappa shape index (κ3) is 5.46. The Hall–Kier alpha value is -6.94. The number of nitrogens with zero attached hydrogens (tertiary/aromatic N) is 2. The summed E-state index contributed by atoms with van der Waals surface area (Å²) < 4.78 is 2.59. The second kappa shape index (κ2) is 13.4. The Morgan fingerprint density at radius 3 is 1.60 bits per heavy atom. The van der Waals surface area contributed by atoms with Crippen molar-refractivity contribution in [1.82, 2.24) is 9.97 Å². The molecular formula is C54H36N2S. The molecule has 10 aromatic rings. The first kappa shape index (κ1) is 33.4. The molecule has 3 heteroatoms. The fourth-order valence-corrected chi connectivity index (χ4v) is 10.3. The summed E-state index contributed by atoms with van der Waals surface area (Å²) in [4.78, 5) is 10.8. The third-order valence-electron chi connectivity index (χ3n) is 11.8. The van der Waals surface area contributed by atoms with Crippen LogP contribution in [0.3, 0.4) is 0 Å². The second-order valence-electron chi connectivity index (χ2n) is 15.0. The molecule has 2 heterocycles. The highest BCUT2D eigenvalue weighted by atomic mass is 32.1. The Morgan fingerprint density at radius 2 is 0.877 bits per heavy atom. The average Bonchev–Trinajstić information content (AvgIpc) is 3.80. The Kier molecular flexibility index (Phi) is 7.84. The lowest BCUT2D eigenvalue weighted by molar-refractivity contribution is 0.715. The van der Waals surface area contributed by atoms with Crippen molar-refractivity contribution in [1.29, 1.82) is 0 Å². The normalized spacial score (nSPS) is 12.8. The van der Waals surface area contributed by atoms with Crippen LogP contribution in [0.1, 0.15) is 23.6 Å². The van der Waals surface area contributed by atoms with E-state index < -0.39 is 0 Å². The van der Waals surface area contributed by atoms with Crippen molar-refractivity contribution in [3.8, 4) is 67.3 Å². The van der Waals surface area contributed by atoms with Gasteiger partial charge in [-0.2, -0.15) is 0 Å². The van der Waals surface area contributed by atoms with Crippen molar-refractivity contribution in [2.45, 2.75) is 12.3 Å². The van der Waals surface area contributed by atoms with Crippen molar-refractivity contribution >= 4 is 31.5 Å². The summed E-state index contributed by atoms with van der Waals surface area (Å²) in [5.41, 5.74) is 15.7. The molecule has 0 radical (unpaired) electrons. The van der Waals surface area contributed by atoms with Gasteiger partial charge in [0.1, 0.15) is 0 Å². The standard InChI is InChI=1S/C54H36N2S/c1-54(46-27-12-8-21-41(46)42-22-9-13-28-47(42)54)48-29-14-10-24-45(48)50-34-49(55-53(56-50)36-19-6-3-7-20-36)39-32-37(35-17-4-2-5-18-35)31-38(33-39)40-25-16-26-44-43-23-11-15-30-51(43)57-52(40)44/h2-34H,1H3. The van der Waals surface area contributed by atoms with Crippen LogP contribution < -0.4 is 0 Å². The maximum atomic E-state index is 5.39. The van der Waals surface area contributed by atoms with Crippen LogP contribution in [0.4, 0.5) is 0 Å². The molecule has 0 amide bonds. The molecule has 0 spiro atoms. The molecule has 0 bridgehead atoms. The predicted octanol–water partition coefficient (Wildman–Crippen LogP) is 14.5. The minimum absolute atomic E-state index is 0.384. The van der Waals surface area contributed by atoms with E-state index in [0.29, 0.717) is 5.82 Å². The van der Waals surface area contributed by atoms with Crippen molar-refractivity contribution in [3.05, 3.63) is 217 Å². The SMILES string of the molecule is CC1(c2ccccc2-c2cc(-c3cc(-c4ccccc4)cc(-c4cccc5c4sc4ccccc45)c3)nc(-c3ccccc3)n2)c2ccccc2-c2ccccc21. The number of hydrogen-bond donors (Lipinski definition) is 0. The van der Waals surface area contributed by atoms with E-state index in [1.54, 1.807) is 0 Å². The quantitative estimate of drug-likeness (QED) is 0.169. The van der Waals surface area contributed by atoms with Crippen molar-refractivity contribution in [3.63, 3.8) is 0 Å². The summed E-state index contributed by atoms with van der Waals surface area (Å²) in [6, 6.07) is 72.2. The highest BCUT2D eigenvalue weighted by Gasteiger charge is 2.41. The molecule has 2 nitrogen and oxygen atoms in total. The second-order valence-corrected chi connectivity index (χ2v) is 16.1. The van der Waals surface area contributed by atoms with Gasteiger partial charge in [0.15, 0.2) is 5.82 Å². The van der Waals surface area contributed by atoms with Crippen molar-refractivity contribution in [2.24, 2.45) is 0 Å². The lowest BCUT2D eigenvalue weighted by Gasteiger charge is -2.30. The molecule has 1 aliphatic carbocycles. The Bertz CT molecular complexity index is 3100. The number of aromatic nitrogens is 2. The van der Waals surface area contributed by atoms with Gasteiger partial charge < -0.3 is 0 Å². The van der Waals surface area contributed by atoms with Crippen LogP contribution in [-0.2, 0) is 5.41 Å². The molecular weight excluding hydrogens is 709 g/mol. The van der Waals surface area contributed by atoms with Gasteiger partial charge in [0.25, 0.3) is 0 Å². The Labute approximate surface area is 336 Å². The van der Waals surface area contributed by atoms with Gasteiger partial charge in [-0.25, -0.2) is 9.97 Å². The predicted molar refractivity (Wildman–Crippen MR) is 240 cm³/mol. The lowest BCUT2D eigenvalue weighted by Crippen LogP contribution is -2.23. The van der Waals surface area contributed by atoms with E-state index in [4.69, 9.17) is 9.97 Å². The number of benzene rings is 8. The lowest BCUT2D eigenvalue weighted by atomic mass is 9.72. The van der Waals surface area contributed by atoms with Crippen LogP contribution in [-0.4, -0.2) is 9.97 Å². The summed E-state index contributed by atoms with van der Waals surface area (Å²) in [5, 5.41) is 2.59. The summed E-state index contributed by atoms with van der Waals surface area (Å²) in [5.74, 6) is 0.702. The van der Waals surface area contributed by atoms with E-state index in [-0.39, 0.29) is 5.41 Å². The van der Waals surface area contributed by atoms with Crippen LogP contribution >= 0.6 is 11.3 Å². The zero-order valence-electron chi connectivity index (χ0n) is 31.4. The number of rotatable bonds is 6. The summed E-state index contributed by atoms with van der Waals surface area (Å²) in [6.45, 7) is 2.38. The van der Waals surface area contributed by atoms with E-state index in [9.17, 15) is 0 Å². The summed E-state index contributed by atoms with van der Waals surface area (Å²) in [7, 11) is 0. The molecule has 268 valence electrons. The van der Waals surface area contributed by atoms with Crippen LogP contribution in [0.5, 0.6) is 0 Å². The van der Waals surface area contributed by atoms with E-state index in [2.05, 4.69) is 201 Å². The molecule has 0 saturated heterocycles. The van der Waals surface area contributed by atoms with Gasteiger partial charge >= 0.3 is 0 Å². The van der Waals surface area contributed by atoms with Crippen molar-refractivity contribution < 1.29 is 0 Å². The minimum atomic E-state index is -0.384. The average molecular weight is 745 g/mol. The van der Waals surface area contributed by atoms with Crippen molar-refractivity contribution in [2.75, 3.05) is 0 Å². The van der Waals surface area contributed by atoms with Gasteiger partial charge in [-0.1, -0.05) is 170 Å². The van der Waals surface area contributed by atoms with E-state index in [1.165, 1.54) is 59.1 Å². The minimum Gasteiger partial charge on any atom is -0.228 e. The first-order chi connectivity index (χ1) is 28.1. The molecule has 0 fully saturated rings. The fourth-order valence-electron chi connectivity index (χ4n) is 9.04. The molecule has 1 aliphatic rings. The van der Waals surface area contributed by atoms with Gasteiger partial charge in [0.05, 0.1) is 11.4 Å². The Morgan fingerprint density at radius 1 is 0.368 bits per heavy atom. The summed E-state index contributed by atoms with van der Waals surface area (Å²) in [6.07, 6.45) is 0. The van der Waals surface area contributed by atoms with Gasteiger partial charge in [0, 0.05) is 42.3 Å². The maximum Gasteiger partial charge on any atom is 0.160 e. The number of hydrogen-bond acceptors (Lipinski definition) is 3. The monoisotopic (exact) mass is 744 g/mol. The van der Waals surface area contributed by atoms with Gasteiger partial charge in [-0.3, -0.25) is 0 Å². The third-order valence-corrected chi connectivity index (χ3v) is 13.0. The molecule has 0 atom stereocenters. The van der Waals surface area contributed by atoms with Gasteiger partial charge in [0.2, 0.25) is 0 Å². The molecule has 0 aliphatic heterocycles. The van der Waals surface area contributed by atoms with E-state index >= 15 is 0 Å². The maximum absolute atomic E-state index is 5.39. The first-order valence-electron chi connectivity index (χ1n) is 19.5. The topological polar surface area (TPSA) is 25.8 Å².